The number of carbonyl (C=O) groups excluding carboxylic acids is 1. The molecule has 2 aromatic rings. The van der Waals surface area contributed by atoms with E-state index in [9.17, 15) is 9.59 Å². The highest BCUT2D eigenvalue weighted by Crippen LogP contribution is 2.16. The largest absolute Gasteiger partial charge is 0.346 e. The molecule has 0 unspecified atom stereocenters. The van der Waals surface area contributed by atoms with Crippen LogP contribution in [0.5, 0.6) is 0 Å². The molecule has 0 spiro atoms. The van der Waals surface area contributed by atoms with Gasteiger partial charge in [0.25, 0.3) is 11.5 Å². The van der Waals surface area contributed by atoms with Crippen LogP contribution in [0.3, 0.4) is 0 Å². The summed E-state index contributed by atoms with van der Waals surface area (Å²) >= 11 is 3.27. The molecule has 0 aliphatic carbocycles. The molecule has 2 aromatic heterocycles. The Balaban J connectivity index is 2.04. The van der Waals surface area contributed by atoms with Crippen LogP contribution in [0.1, 0.15) is 47.7 Å². The predicted molar refractivity (Wildman–Crippen MR) is 94.1 cm³/mol. The third-order valence-corrected chi connectivity index (χ3v) is 4.69. The number of hydrogen-bond donors (Lipinski definition) is 2. The number of nitrogens with zero attached hydrogens (tertiary/aromatic N) is 2. The summed E-state index contributed by atoms with van der Waals surface area (Å²) in [4.78, 5) is 35.5. The minimum absolute atomic E-state index is 0.0116. The van der Waals surface area contributed by atoms with Gasteiger partial charge in [-0.1, -0.05) is 20.8 Å². The first-order valence-electron chi connectivity index (χ1n) is 7.11. The SMILES string of the molecule is CSCc1nc(CNC(=O)c2cnc(C(C)(C)C)[nH]c2=O)cs1. The van der Waals surface area contributed by atoms with E-state index in [4.69, 9.17) is 0 Å². The zero-order chi connectivity index (χ0) is 17.0. The molecule has 6 nitrogen and oxygen atoms in total. The van der Waals surface area contributed by atoms with E-state index in [-0.39, 0.29) is 11.0 Å². The molecule has 0 radical (unpaired) electrons. The number of H-pyrrole nitrogens is 1. The van der Waals surface area contributed by atoms with Crippen LogP contribution in [0.15, 0.2) is 16.4 Å². The first-order valence-corrected chi connectivity index (χ1v) is 9.39. The van der Waals surface area contributed by atoms with Gasteiger partial charge in [0.15, 0.2) is 0 Å². The van der Waals surface area contributed by atoms with Crippen LogP contribution in [0.25, 0.3) is 0 Å². The summed E-state index contributed by atoms with van der Waals surface area (Å²) in [7, 11) is 0. The van der Waals surface area contributed by atoms with Gasteiger partial charge >= 0.3 is 0 Å². The van der Waals surface area contributed by atoms with Crippen LogP contribution in [0.2, 0.25) is 0 Å². The van der Waals surface area contributed by atoms with E-state index in [2.05, 4.69) is 20.3 Å². The monoisotopic (exact) mass is 352 g/mol. The van der Waals surface area contributed by atoms with Crippen molar-refractivity contribution in [1.29, 1.82) is 0 Å². The Morgan fingerprint density at radius 1 is 1.43 bits per heavy atom. The zero-order valence-electron chi connectivity index (χ0n) is 13.6. The molecule has 2 rings (SSSR count). The van der Waals surface area contributed by atoms with Gasteiger partial charge in [-0.05, 0) is 6.26 Å². The molecular formula is C15H20N4O2S2. The van der Waals surface area contributed by atoms with E-state index in [1.54, 1.807) is 23.1 Å². The van der Waals surface area contributed by atoms with Crippen molar-refractivity contribution in [2.75, 3.05) is 6.26 Å². The summed E-state index contributed by atoms with van der Waals surface area (Å²) in [5, 5.41) is 5.65. The number of hydrogen-bond acceptors (Lipinski definition) is 6. The first-order chi connectivity index (χ1) is 10.8. The van der Waals surface area contributed by atoms with Gasteiger partial charge in [0.2, 0.25) is 0 Å². The second-order valence-corrected chi connectivity index (χ2v) is 7.88. The maximum atomic E-state index is 12.1. The van der Waals surface area contributed by atoms with Gasteiger partial charge in [0, 0.05) is 22.7 Å². The number of nitrogens with one attached hydrogen (secondary N) is 2. The molecule has 0 aliphatic rings. The highest BCUT2D eigenvalue weighted by atomic mass is 32.2. The lowest BCUT2D eigenvalue weighted by Gasteiger charge is -2.16. The van der Waals surface area contributed by atoms with Crippen molar-refractivity contribution < 1.29 is 4.79 Å². The Labute approximate surface area is 143 Å². The van der Waals surface area contributed by atoms with Crippen LogP contribution in [0.4, 0.5) is 0 Å². The zero-order valence-corrected chi connectivity index (χ0v) is 15.2. The molecule has 8 heteroatoms. The van der Waals surface area contributed by atoms with Crippen molar-refractivity contribution in [2.24, 2.45) is 0 Å². The fraction of sp³-hybridized carbons (Fsp3) is 0.467. The minimum atomic E-state index is -0.446. The maximum Gasteiger partial charge on any atom is 0.263 e. The number of aromatic amines is 1. The summed E-state index contributed by atoms with van der Waals surface area (Å²) in [6.07, 6.45) is 3.35. The number of aromatic nitrogens is 3. The minimum Gasteiger partial charge on any atom is -0.346 e. The van der Waals surface area contributed by atoms with Crippen molar-refractivity contribution in [2.45, 2.75) is 38.5 Å². The molecular weight excluding hydrogens is 332 g/mol. The lowest BCUT2D eigenvalue weighted by molar-refractivity contribution is 0.0948. The highest BCUT2D eigenvalue weighted by molar-refractivity contribution is 7.97. The Morgan fingerprint density at radius 3 is 2.78 bits per heavy atom. The topological polar surface area (TPSA) is 87.7 Å². The number of thioether (sulfide) groups is 1. The van der Waals surface area contributed by atoms with E-state index in [1.165, 1.54) is 6.20 Å². The predicted octanol–water partition coefficient (Wildman–Crippen LogP) is 2.32. The highest BCUT2D eigenvalue weighted by Gasteiger charge is 2.19. The third kappa shape index (κ3) is 4.65. The molecule has 1 amide bonds. The molecule has 0 aromatic carbocycles. The van der Waals surface area contributed by atoms with Crippen molar-refractivity contribution in [1.82, 2.24) is 20.3 Å². The van der Waals surface area contributed by atoms with Crippen molar-refractivity contribution in [3.8, 4) is 0 Å². The standard InChI is InChI=1S/C15H20N4O2S2/c1-15(2,3)14-17-6-10(13(21)19-14)12(20)16-5-9-7-23-11(18-9)8-22-4/h6-7H,5,8H2,1-4H3,(H,16,20)(H,17,19,21). The average Bonchev–Trinajstić information content (AvgIpc) is 2.92. The van der Waals surface area contributed by atoms with Gasteiger partial charge in [-0.25, -0.2) is 9.97 Å². The molecule has 2 N–H and O–H groups in total. The van der Waals surface area contributed by atoms with Gasteiger partial charge < -0.3 is 10.3 Å². The Hall–Kier alpha value is -1.67. The van der Waals surface area contributed by atoms with Gasteiger partial charge in [-0.15, -0.1) is 11.3 Å². The second kappa shape index (κ2) is 7.27. The number of carbonyl (C=O) groups is 1. The quantitative estimate of drug-likeness (QED) is 0.862. The third-order valence-electron chi connectivity index (χ3n) is 3.05. The average molecular weight is 352 g/mol. The molecule has 0 atom stereocenters. The van der Waals surface area contributed by atoms with Crippen LogP contribution in [0, 0.1) is 0 Å². The molecule has 0 saturated carbocycles. The van der Waals surface area contributed by atoms with Gasteiger partial charge in [0.1, 0.15) is 16.4 Å². The Bertz CT molecular complexity index is 746. The van der Waals surface area contributed by atoms with Crippen molar-refractivity contribution >= 4 is 29.0 Å². The molecule has 0 saturated heterocycles. The molecule has 0 aliphatic heterocycles. The van der Waals surface area contributed by atoms with E-state index in [1.807, 2.05) is 32.4 Å². The van der Waals surface area contributed by atoms with Gasteiger partial charge in [0.05, 0.1) is 12.2 Å². The maximum absolute atomic E-state index is 12.1. The van der Waals surface area contributed by atoms with Gasteiger partial charge in [-0.3, -0.25) is 9.59 Å². The van der Waals surface area contributed by atoms with Crippen molar-refractivity contribution in [3.05, 3.63) is 44.0 Å². The number of amides is 1. The molecule has 2 heterocycles. The fourth-order valence-electron chi connectivity index (χ4n) is 1.82. The van der Waals surface area contributed by atoms with Crippen LogP contribution in [-0.4, -0.2) is 27.1 Å². The second-order valence-electron chi connectivity index (χ2n) is 6.07. The van der Waals surface area contributed by atoms with Crippen LogP contribution in [-0.2, 0) is 17.7 Å². The molecule has 0 fully saturated rings. The smallest absolute Gasteiger partial charge is 0.263 e. The molecule has 23 heavy (non-hydrogen) atoms. The summed E-state index contributed by atoms with van der Waals surface area (Å²) < 4.78 is 0. The van der Waals surface area contributed by atoms with E-state index in [0.717, 1.165) is 16.5 Å². The number of thiazole rings is 1. The normalized spacial score (nSPS) is 11.5. The van der Waals surface area contributed by atoms with E-state index < -0.39 is 11.5 Å². The lowest BCUT2D eigenvalue weighted by Crippen LogP contribution is -2.32. The fourth-order valence-corrected chi connectivity index (χ4v) is 3.34. The molecule has 0 bridgehead atoms. The van der Waals surface area contributed by atoms with Crippen LogP contribution < -0.4 is 10.9 Å². The Morgan fingerprint density at radius 2 is 2.17 bits per heavy atom. The number of rotatable bonds is 5. The molecule has 124 valence electrons. The van der Waals surface area contributed by atoms with Gasteiger partial charge in [-0.2, -0.15) is 11.8 Å². The van der Waals surface area contributed by atoms with E-state index >= 15 is 0 Å². The van der Waals surface area contributed by atoms with Crippen LogP contribution >= 0.6 is 23.1 Å². The summed E-state index contributed by atoms with van der Waals surface area (Å²) in [6, 6.07) is 0. The van der Waals surface area contributed by atoms with Crippen molar-refractivity contribution in [3.63, 3.8) is 0 Å². The summed E-state index contributed by atoms with van der Waals surface area (Å²) in [6.45, 7) is 6.13. The Kier molecular flexibility index (Phi) is 5.59. The lowest BCUT2D eigenvalue weighted by atomic mass is 9.96. The first kappa shape index (κ1) is 17.7. The summed E-state index contributed by atoms with van der Waals surface area (Å²) in [5.74, 6) is 0.968. The van der Waals surface area contributed by atoms with E-state index in [0.29, 0.717) is 12.4 Å². The summed E-state index contributed by atoms with van der Waals surface area (Å²) in [5.41, 5.74) is 0.104.